The molecule has 1 saturated carbocycles. The molecule has 160 valence electrons. The lowest BCUT2D eigenvalue weighted by Gasteiger charge is -2.19. The zero-order valence-corrected chi connectivity index (χ0v) is 17.4. The number of alkyl halides is 2. The summed E-state index contributed by atoms with van der Waals surface area (Å²) in [6, 6.07) is 13.3. The number of anilines is 1. The van der Waals surface area contributed by atoms with Gasteiger partial charge < -0.3 is 4.90 Å². The lowest BCUT2D eigenvalue weighted by molar-refractivity contribution is -0.0431. The van der Waals surface area contributed by atoms with Crippen molar-refractivity contribution >= 4 is 16.7 Å². The maximum absolute atomic E-state index is 14.4. The summed E-state index contributed by atoms with van der Waals surface area (Å²) < 4.78 is 30.4. The average molecular weight is 423 g/mol. The molecule has 7 nitrogen and oxygen atoms in total. The zero-order valence-electron chi connectivity index (χ0n) is 17.4. The monoisotopic (exact) mass is 423 g/mol. The van der Waals surface area contributed by atoms with Crippen molar-refractivity contribution in [3.8, 4) is 23.0 Å². The number of H-pyrrole nitrogens is 1. The van der Waals surface area contributed by atoms with Gasteiger partial charge in [0.1, 0.15) is 17.2 Å². The van der Waals surface area contributed by atoms with Gasteiger partial charge in [0.15, 0.2) is 11.6 Å². The SMILES string of the molecule is CN(C)c1cccc(-c2nc(-c3n[nH]c4ccccc34)n(CC3CCCC3(F)F)n2)n1. The van der Waals surface area contributed by atoms with E-state index in [1.54, 1.807) is 4.68 Å². The zero-order chi connectivity index (χ0) is 21.6. The van der Waals surface area contributed by atoms with Crippen LogP contribution >= 0.6 is 0 Å². The quantitative estimate of drug-likeness (QED) is 0.515. The smallest absolute Gasteiger partial charge is 0.252 e. The topological polar surface area (TPSA) is 75.5 Å². The Kier molecular flexibility index (Phi) is 4.68. The summed E-state index contributed by atoms with van der Waals surface area (Å²) in [4.78, 5) is 11.2. The van der Waals surface area contributed by atoms with Crippen molar-refractivity contribution in [3.63, 3.8) is 0 Å². The van der Waals surface area contributed by atoms with Crippen LogP contribution in [0.15, 0.2) is 42.5 Å². The number of hydrogen-bond donors (Lipinski definition) is 1. The first-order valence-electron chi connectivity index (χ1n) is 10.3. The van der Waals surface area contributed by atoms with Crippen LogP contribution in [0.2, 0.25) is 0 Å². The second kappa shape index (κ2) is 7.40. The van der Waals surface area contributed by atoms with Crippen molar-refractivity contribution in [2.75, 3.05) is 19.0 Å². The predicted octanol–water partition coefficient (Wildman–Crippen LogP) is 4.38. The van der Waals surface area contributed by atoms with Crippen molar-refractivity contribution < 1.29 is 8.78 Å². The molecule has 1 atom stereocenters. The minimum absolute atomic E-state index is 0.0771. The third-order valence-corrected chi connectivity index (χ3v) is 5.83. The van der Waals surface area contributed by atoms with Gasteiger partial charge in [-0.3, -0.25) is 5.10 Å². The first-order chi connectivity index (χ1) is 14.9. The Morgan fingerprint density at radius 1 is 1.13 bits per heavy atom. The fourth-order valence-corrected chi connectivity index (χ4v) is 4.12. The van der Waals surface area contributed by atoms with Crippen LogP contribution in [0, 0.1) is 5.92 Å². The summed E-state index contributed by atoms with van der Waals surface area (Å²) in [6.45, 7) is 0.0872. The highest BCUT2D eigenvalue weighted by Gasteiger charge is 2.44. The molecule has 1 aliphatic rings. The molecule has 1 N–H and O–H groups in total. The number of benzene rings is 1. The second-order valence-electron chi connectivity index (χ2n) is 8.18. The van der Waals surface area contributed by atoms with E-state index in [-0.39, 0.29) is 13.0 Å². The van der Waals surface area contributed by atoms with Crippen molar-refractivity contribution in [2.45, 2.75) is 31.7 Å². The van der Waals surface area contributed by atoms with Gasteiger partial charge in [0.05, 0.1) is 12.1 Å². The van der Waals surface area contributed by atoms with Crippen molar-refractivity contribution in [1.29, 1.82) is 0 Å². The second-order valence-corrected chi connectivity index (χ2v) is 8.18. The van der Waals surface area contributed by atoms with Gasteiger partial charge in [0.2, 0.25) is 0 Å². The molecule has 31 heavy (non-hydrogen) atoms. The van der Waals surface area contributed by atoms with Crippen LogP contribution in [0.1, 0.15) is 19.3 Å². The maximum atomic E-state index is 14.4. The number of pyridine rings is 1. The van der Waals surface area contributed by atoms with Crippen LogP contribution in [0.25, 0.3) is 33.9 Å². The highest BCUT2D eigenvalue weighted by Crippen LogP contribution is 2.41. The molecular formula is C22H23F2N7. The number of fused-ring (bicyclic) bond motifs is 1. The number of nitrogens with one attached hydrogen (secondary N) is 1. The lowest BCUT2D eigenvalue weighted by atomic mass is 10.1. The first kappa shape index (κ1) is 19.6. The average Bonchev–Trinajstić information content (AvgIpc) is 3.45. The highest BCUT2D eigenvalue weighted by molar-refractivity contribution is 5.91. The van der Waals surface area contributed by atoms with E-state index in [9.17, 15) is 8.78 Å². The number of nitrogens with zero attached hydrogens (tertiary/aromatic N) is 6. The Morgan fingerprint density at radius 3 is 2.74 bits per heavy atom. The van der Waals surface area contributed by atoms with E-state index in [2.05, 4.69) is 20.3 Å². The molecule has 1 aliphatic carbocycles. The van der Waals surface area contributed by atoms with Gasteiger partial charge in [0, 0.05) is 31.8 Å². The highest BCUT2D eigenvalue weighted by atomic mass is 19.3. The van der Waals surface area contributed by atoms with E-state index < -0.39 is 11.8 Å². The lowest BCUT2D eigenvalue weighted by Crippen LogP contribution is -2.26. The molecule has 3 heterocycles. The molecule has 3 aromatic heterocycles. The molecule has 0 spiro atoms. The fourth-order valence-electron chi connectivity index (χ4n) is 4.12. The van der Waals surface area contributed by atoms with Crippen molar-refractivity contribution in [1.82, 2.24) is 29.9 Å². The largest absolute Gasteiger partial charge is 0.363 e. The standard InChI is InChI=1S/C22H23F2N7/c1-30(2)18-11-5-10-17(25-18)20-26-21(19-15-8-3-4-9-16(15)27-28-19)31(29-20)13-14-7-6-12-22(14,23)24/h3-5,8-11,14H,6-7,12-13H2,1-2H3,(H,27,28). The van der Waals surface area contributed by atoms with Gasteiger partial charge >= 0.3 is 0 Å². The minimum atomic E-state index is -2.69. The summed E-state index contributed by atoms with van der Waals surface area (Å²) >= 11 is 0. The summed E-state index contributed by atoms with van der Waals surface area (Å²) in [6.07, 6.45) is 0.913. The molecule has 0 aliphatic heterocycles. The number of rotatable bonds is 5. The molecule has 1 fully saturated rings. The molecule has 0 radical (unpaired) electrons. The van der Waals surface area contributed by atoms with E-state index in [1.165, 1.54) is 0 Å². The number of para-hydroxylation sites is 1. The van der Waals surface area contributed by atoms with E-state index in [4.69, 9.17) is 4.98 Å². The minimum Gasteiger partial charge on any atom is -0.363 e. The summed E-state index contributed by atoms with van der Waals surface area (Å²) in [7, 11) is 3.81. The van der Waals surface area contributed by atoms with Crippen molar-refractivity contribution in [3.05, 3.63) is 42.5 Å². The van der Waals surface area contributed by atoms with E-state index >= 15 is 0 Å². The Morgan fingerprint density at radius 2 is 1.97 bits per heavy atom. The summed E-state index contributed by atoms with van der Waals surface area (Å²) in [5.41, 5.74) is 2.04. The van der Waals surface area contributed by atoms with Crippen LogP contribution in [0.4, 0.5) is 14.6 Å². The molecule has 1 unspecified atom stereocenters. The molecule has 0 bridgehead atoms. The van der Waals surface area contributed by atoms with E-state index in [0.29, 0.717) is 35.9 Å². The Labute approximate surface area is 178 Å². The van der Waals surface area contributed by atoms with Crippen LogP contribution < -0.4 is 4.90 Å². The Hall–Kier alpha value is -3.36. The third-order valence-electron chi connectivity index (χ3n) is 5.83. The third kappa shape index (κ3) is 3.54. The summed E-state index contributed by atoms with van der Waals surface area (Å²) in [5, 5.41) is 12.9. The Balaban J connectivity index is 1.62. The molecule has 0 amide bonds. The van der Waals surface area contributed by atoms with Gasteiger partial charge in [-0.15, -0.1) is 5.10 Å². The van der Waals surface area contributed by atoms with Gasteiger partial charge in [-0.05, 0) is 31.0 Å². The normalized spacial score (nSPS) is 18.0. The van der Waals surface area contributed by atoms with E-state index in [1.807, 2.05) is 61.5 Å². The molecule has 1 aromatic carbocycles. The number of aromatic nitrogens is 6. The maximum Gasteiger partial charge on any atom is 0.252 e. The van der Waals surface area contributed by atoms with Crippen LogP contribution in [0.3, 0.4) is 0 Å². The predicted molar refractivity (Wildman–Crippen MR) is 115 cm³/mol. The van der Waals surface area contributed by atoms with Gasteiger partial charge in [-0.25, -0.2) is 23.4 Å². The molecular weight excluding hydrogens is 400 g/mol. The van der Waals surface area contributed by atoms with Gasteiger partial charge in [-0.1, -0.05) is 24.3 Å². The fraction of sp³-hybridized carbons (Fsp3) is 0.364. The van der Waals surface area contributed by atoms with Gasteiger partial charge in [-0.2, -0.15) is 5.10 Å². The number of aromatic amines is 1. The van der Waals surface area contributed by atoms with Crippen LogP contribution in [0.5, 0.6) is 0 Å². The first-order valence-corrected chi connectivity index (χ1v) is 10.3. The van der Waals surface area contributed by atoms with Crippen molar-refractivity contribution in [2.24, 2.45) is 5.92 Å². The Bertz CT molecular complexity index is 1230. The number of hydrogen-bond acceptors (Lipinski definition) is 5. The molecule has 0 saturated heterocycles. The van der Waals surface area contributed by atoms with Gasteiger partial charge in [0.25, 0.3) is 5.92 Å². The molecule has 9 heteroatoms. The number of halogens is 2. The van der Waals surface area contributed by atoms with E-state index in [0.717, 1.165) is 16.7 Å². The summed E-state index contributed by atoms with van der Waals surface area (Å²) in [5.74, 6) is -1.84. The molecule has 5 rings (SSSR count). The van der Waals surface area contributed by atoms with Crippen LogP contribution in [-0.2, 0) is 6.54 Å². The van der Waals surface area contributed by atoms with Crippen LogP contribution in [-0.4, -0.2) is 50.0 Å². The molecule has 4 aromatic rings.